The zero-order valence-corrected chi connectivity index (χ0v) is 11.8. The fraction of sp³-hybridized carbons (Fsp3) is 0.529. The van der Waals surface area contributed by atoms with Crippen molar-refractivity contribution in [2.75, 3.05) is 0 Å². The molecule has 1 heterocycles. The van der Waals surface area contributed by atoms with Gasteiger partial charge >= 0.3 is 0 Å². The molecule has 2 aromatic rings. The number of fused-ring (bicyclic) bond motifs is 1. The summed E-state index contributed by atoms with van der Waals surface area (Å²) >= 11 is 0. The number of benzene rings is 1. The zero-order valence-electron chi connectivity index (χ0n) is 11.8. The molecule has 0 aliphatic heterocycles. The van der Waals surface area contributed by atoms with E-state index in [4.69, 9.17) is 10.2 Å². The van der Waals surface area contributed by atoms with E-state index < -0.39 is 0 Å². The van der Waals surface area contributed by atoms with Crippen LogP contribution >= 0.6 is 0 Å². The van der Waals surface area contributed by atoms with Crippen molar-refractivity contribution < 1.29 is 8.81 Å². The second-order valence-corrected chi connectivity index (χ2v) is 5.99. The number of hydrogen-bond acceptors (Lipinski definition) is 2. The summed E-state index contributed by atoms with van der Waals surface area (Å²) in [6, 6.07) is 6.74. The van der Waals surface area contributed by atoms with Crippen LogP contribution in [0.4, 0.5) is 4.39 Å². The average molecular weight is 275 g/mol. The molecule has 1 fully saturated rings. The molecule has 0 spiro atoms. The molecule has 1 saturated carbocycles. The van der Waals surface area contributed by atoms with Gasteiger partial charge in [-0.1, -0.05) is 44.2 Å². The normalized spacial score (nSPS) is 18.5. The van der Waals surface area contributed by atoms with Gasteiger partial charge in [0.25, 0.3) is 0 Å². The zero-order chi connectivity index (χ0) is 13.9. The van der Waals surface area contributed by atoms with Crippen molar-refractivity contribution in [2.45, 2.75) is 51.0 Å². The quantitative estimate of drug-likeness (QED) is 0.859. The van der Waals surface area contributed by atoms with Crippen molar-refractivity contribution in [3.05, 3.63) is 35.8 Å². The molecule has 1 aromatic heterocycles. The third kappa shape index (κ3) is 2.88. The van der Waals surface area contributed by atoms with Gasteiger partial charge in [-0.15, -0.1) is 0 Å². The van der Waals surface area contributed by atoms with E-state index in [1.165, 1.54) is 38.2 Å². The van der Waals surface area contributed by atoms with Crippen LogP contribution < -0.4 is 5.73 Å². The van der Waals surface area contributed by atoms with E-state index in [0.717, 1.165) is 24.1 Å². The third-order valence-electron chi connectivity index (χ3n) is 4.49. The van der Waals surface area contributed by atoms with Gasteiger partial charge in [-0.25, -0.2) is 4.39 Å². The lowest BCUT2D eigenvalue weighted by molar-refractivity contribution is 0.317. The number of para-hydroxylation sites is 1. The Bertz CT molecular complexity index is 571. The van der Waals surface area contributed by atoms with Crippen LogP contribution in [0, 0.1) is 11.7 Å². The first-order chi connectivity index (χ1) is 9.74. The van der Waals surface area contributed by atoms with E-state index in [2.05, 4.69) is 0 Å². The predicted octanol–water partition coefficient (Wildman–Crippen LogP) is 4.93. The average Bonchev–Trinajstić information content (AvgIpc) is 2.91. The fourth-order valence-corrected chi connectivity index (χ4v) is 3.26. The highest BCUT2D eigenvalue weighted by molar-refractivity contribution is 5.78. The summed E-state index contributed by atoms with van der Waals surface area (Å²) in [6.45, 7) is 0. The maximum Gasteiger partial charge on any atom is 0.169 e. The van der Waals surface area contributed by atoms with Crippen LogP contribution in [0.25, 0.3) is 11.0 Å². The molecule has 0 bridgehead atoms. The van der Waals surface area contributed by atoms with Gasteiger partial charge in [0, 0.05) is 5.39 Å². The molecule has 3 heteroatoms. The van der Waals surface area contributed by atoms with Crippen molar-refractivity contribution in [1.82, 2.24) is 0 Å². The van der Waals surface area contributed by atoms with Crippen LogP contribution in [0.3, 0.4) is 0 Å². The molecule has 1 aromatic carbocycles. The highest BCUT2D eigenvalue weighted by Gasteiger charge is 2.18. The molecule has 1 atom stereocenters. The molecule has 108 valence electrons. The molecule has 0 saturated heterocycles. The Balaban J connectivity index is 1.65. The van der Waals surface area contributed by atoms with Crippen molar-refractivity contribution in [1.29, 1.82) is 0 Å². The highest BCUT2D eigenvalue weighted by Crippen LogP contribution is 2.31. The van der Waals surface area contributed by atoms with Gasteiger partial charge in [-0.05, 0) is 30.9 Å². The molecule has 2 N–H and O–H groups in total. The largest absolute Gasteiger partial charge is 0.456 e. The molecule has 2 nitrogen and oxygen atoms in total. The first-order valence-electron chi connectivity index (χ1n) is 7.67. The topological polar surface area (TPSA) is 39.2 Å². The number of hydrogen-bond donors (Lipinski definition) is 1. The van der Waals surface area contributed by atoms with Crippen molar-refractivity contribution >= 4 is 11.0 Å². The van der Waals surface area contributed by atoms with Gasteiger partial charge in [0.2, 0.25) is 0 Å². The second kappa shape index (κ2) is 5.96. The van der Waals surface area contributed by atoms with E-state index in [0.29, 0.717) is 11.3 Å². The summed E-state index contributed by atoms with van der Waals surface area (Å²) in [5, 5.41) is 0.799. The Morgan fingerprint density at radius 2 is 2.05 bits per heavy atom. The van der Waals surface area contributed by atoms with Crippen LogP contribution in [0.5, 0.6) is 0 Å². The fourth-order valence-electron chi connectivity index (χ4n) is 3.26. The van der Waals surface area contributed by atoms with Gasteiger partial charge in [0.05, 0.1) is 6.04 Å². The van der Waals surface area contributed by atoms with E-state index in [9.17, 15) is 4.39 Å². The van der Waals surface area contributed by atoms with Gasteiger partial charge in [0.15, 0.2) is 11.4 Å². The molecule has 3 rings (SSSR count). The van der Waals surface area contributed by atoms with Crippen molar-refractivity contribution in [2.24, 2.45) is 11.7 Å². The van der Waals surface area contributed by atoms with Gasteiger partial charge in [-0.2, -0.15) is 0 Å². The smallest absolute Gasteiger partial charge is 0.169 e. The van der Waals surface area contributed by atoms with Gasteiger partial charge < -0.3 is 10.2 Å². The Labute approximate surface area is 119 Å². The van der Waals surface area contributed by atoms with E-state index >= 15 is 0 Å². The van der Waals surface area contributed by atoms with Crippen LogP contribution in [0.1, 0.15) is 56.7 Å². The van der Waals surface area contributed by atoms with Gasteiger partial charge in [-0.3, -0.25) is 0 Å². The minimum Gasteiger partial charge on any atom is -0.456 e. The van der Waals surface area contributed by atoms with Crippen LogP contribution in [0.2, 0.25) is 0 Å². The molecule has 1 aliphatic rings. The molecular weight excluding hydrogens is 253 g/mol. The minimum atomic E-state index is -0.312. The molecule has 1 aliphatic carbocycles. The number of nitrogens with two attached hydrogens (primary N) is 1. The summed E-state index contributed by atoms with van der Waals surface area (Å²) in [5.74, 6) is 1.21. The minimum absolute atomic E-state index is 0.122. The third-order valence-corrected chi connectivity index (χ3v) is 4.49. The first-order valence-corrected chi connectivity index (χ1v) is 7.67. The second-order valence-electron chi connectivity index (χ2n) is 5.99. The maximum atomic E-state index is 13.6. The van der Waals surface area contributed by atoms with E-state index in [-0.39, 0.29) is 11.9 Å². The predicted molar refractivity (Wildman–Crippen MR) is 78.9 cm³/mol. The van der Waals surface area contributed by atoms with Crippen LogP contribution in [-0.2, 0) is 0 Å². The lowest BCUT2D eigenvalue weighted by Crippen LogP contribution is -2.13. The molecule has 0 amide bonds. The molecule has 0 radical (unpaired) electrons. The number of rotatable bonds is 4. The maximum absolute atomic E-state index is 13.6. The van der Waals surface area contributed by atoms with Gasteiger partial charge in [0.1, 0.15) is 5.76 Å². The lowest BCUT2D eigenvalue weighted by atomic mass is 9.85. The Hall–Kier alpha value is -1.35. The highest BCUT2D eigenvalue weighted by atomic mass is 19.1. The molecular formula is C17H22FNO. The summed E-state index contributed by atoms with van der Waals surface area (Å²) in [7, 11) is 0. The van der Waals surface area contributed by atoms with E-state index in [1.807, 2.05) is 12.1 Å². The first kappa shape index (κ1) is 13.6. The van der Waals surface area contributed by atoms with E-state index in [1.54, 1.807) is 6.07 Å². The Morgan fingerprint density at radius 3 is 2.80 bits per heavy atom. The lowest BCUT2D eigenvalue weighted by Gasteiger charge is -2.22. The molecule has 20 heavy (non-hydrogen) atoms. The SMILES string of the molecule is NC(CCC1CCCCC1)c1cc2cccc(F)c2o1. The molecule has 1 unspecified atom stereocenters. The van der Waals surface area contributed by atoms with Crippen molar-refractivity contribution in [3.63, 3.8) is 0 Å². The number of halogens is 1. The summed E-state index contributed by atoms with van der Waals surface area (Å²) in [6.07, 6.45) is 8.84. The standard InChI is InChI=1S/C17H22FNO/c18-14-8-4-7-13-11-16(20-17(13)14)15(19)10-9-12-5-2-1-3-6-12/h4,7-8,11-12,15H,1-3,5-6,9-10,19H2. The monoisotopic (exact) mass is 275 g/mol. The summed E-state index contributed by atoms with van der Waals surface area (Å²) in [5.41, 5.74) is 6.54. The Kier molecular flexibility index (Phi) is 4.06. The summed E-state index contributed by atoms with van der Waals surface area (Å²) < 4.78 is 19.2. The number of furan rings is 1. The Morgan fingerprint density at radius 1 is 1.25 bits per heavy atom. The van der Waals surface area contributed by atoms with Crippen molar-refractivity contribution in [3.8, 4) is 0 Å². The summed E-state index contributed by atoms with van der Waals surface area (Å²) in [4.78, 5) is 0. The van der Waals surface area contributed by atoms with Crippen LogP contribution in [-0.4, -0.2) is 0 Å². The van der Waals surface area contributed by atoms with Crippen LogP contribution in [0.15, 0.2) is 28.7 Å².